The monoisotopic (exact) mass is 461 g/mol. The van der Waals surface area contributed by atoms with Gasteiger partial charge in [0.25, 0.3) is 5.56 Å². The van der Waals surface area contributed by atoms with Crippen LogP contribution in [0, 0.1) is 6.92 Å². The number of rotatable bonds is 6. The lowest BCUT2D eigenvalue weighted by atomic mass is 10.2. The van der Waals surface area contributed by atoms with Crippen molar-refractivity contribution in [1.82, 2.24) is 24.1 Å². The van der Waals surface area contributed by atoms with Crippen LogP contribution < -0.4 is 10.3 Å². The van der Waals surface area contributed by atoms with E-state index in [1.54, 1.807) is 23.8 Å². The van der Waals surface area contributed by atoms with Crippen molar-refractivity contribution in [2.75, 3.05) is 7.11 Å². The van der Waals surface area contributed by atoms with Gasteiger partial charge in [-0.1, -0.05) is 29.5 Å². The Bertz CT molecular complexity index is 1440. The van der Waals surface area contributed by atoms with Crippen molar-refractivity contribution in [2.24, 2.45) is 0 Å². The summed E-state index contributed by atoms with van der Waals surface area (Å²) in [7, 11) is 1.64. The van der Waals surface area contributed by atoms with Crippen LogP contribution in [-0.2, 0) is 5.75 Å². The number of methoxy groups -OCH3 is 1. The molecule has 3 heterocycles. The maximum Gasteiger partial charge on any atom is 0.258 e. The van der Waals surface area contributed by atoms with Gasteiger partial charge in [-0.15, -0.1) is 21.5 Å². The van der Waals surface area contributed by atoms with E-state index in [9.17, 15) is 4.79 Å². The molecular formula is C23H19N5O2S2. The summed E-state index contributed by atoms with van der Waals surface area (Å²) in [5, 5.41) is 11.5. The normalized spacial score (nSPS) is 11.2. The second kappa shape index (κ2) is 8.60. The van der Waals surface area contributed by atoms with Crippen LogP contribution in [-0.4, -0.2) is 31.3 Å². The highest BCUT2D eigenvalue weighted by Gasteiger charge is 2.17. The Morgan fingerprint density at radius 2 is 1.84 bits per heavy atom. The summed E-state index contributed by atoms with van der Waals surface area (Å²) in [5.41, 5.74) is 3.71. The van der Waals surface area contributed by atoms with Crippen molar-refractivity contribution >= 4 is 28.1 Å². The molecule has 0 fully saturated rings. The largest absolute Gasteiger partial charge is 0.497 e. The van der Waals surface area contributed by atoms with Crippen molar-refractivity contribution < 1.29 is 4.74 Å². The van der Waals surface area contributed by atoms with E-state index in [0.717, 1.165) is 28.0 Å². The van der Waals surface area contributed by atoms with Gasteiger partial charge >= 0.3 is 0 Å². The van der Waals surface area contributed by atoms with Crippen LogP contribution in [0.1, 0.15) is 11.3 Å². The molecule has 0 spiro atoms. The van der Waals surface area contributed by atoms with Crippen LogP contribution in [0.3, 0.4) is 0 Å². The Balaban J connectivity index is 1.52. The Morgan fingerprint density at radius 1 is 1.06 bits per heavy atom. The first-order chi connectivity index (χ1) is 15.6. The molecule has 7 nitrogen and oxygen atoms in total. The Labute approximate surface area is 192 Å². The third-order valence-electron chi connectivity index (χ3n) is 4.98. The average Bonchev–Trinajstić information content (AvgIpc) is 3.46. The minimum Gasteiger partial charge on any atom is -0.497 e. The molecule has 0 amide bonds. The summed E-state index contributed by atoms with van der Waals surface area (Å²) in [5.74, 6) is 2.03. The minimum atomic E-state index is -0.0780. The number of aromatic nitrogens is 5. The first-order valence-corrected chi connectivity index (χ1v) is 11.7. The van der Waals surface area contributed by atoms with Gasteiger partial charge in [0, 0.05) is 34.6 Å². The maximum absolute atomic E-state index is 12.3. The van der Waals surface area contributed by atoms with Gasteiger partial charge in [-0.3, -0.25) is 13.8 Å². The number of hydrogen-bond acceptors (Lipinski definition) is 7. The second-order valence-corrected chi connectivity index (χ2v) is 8.95. The highest BCUT2D eigenvalue weighted by molar-refractivity contribution is 7.98. The lowest BCUT2D eigenvalue weighted by Crippen LogP contribution is -2.12. The van der Waals surface area contributed by atoms with Crippen molar-refractivity contribution in [1.29, 1.82) is 0 Å². The lowest BCUT2D eigenvalue weighted by Gasteiger charge is -2.11. The zero-order valence-corrected chi connectivity index (χ0v) is 19.1. The fourth-order valence-electron chi connectivity index (χ4n) is 3.32. The van der Waals surface area contributed by atoms with E-state index >= 15 is 0 Å². The zero-order valence-electron chi connectivity index (χ0n) is 17.4. The van der Waals surface area contributed by atoms with E-state index < -0.39 is 0 Å². The molecule has 0 bridgehead atoms. The molecule has 0 radical (unpaired) electrons. The molecule has 0 aliphatic rings. The third-order valence-corrected chi connectivity index (χ3v) is 6.70. The first kappa shape index (κ1) is 20.5. The highest BCUT2D eigenvalue weighted by Crippen LogP contribution is 2.30. The predicted octanol–water partition coefficient (Wildman–Crippen LogP) is 4.61. The number of thioether (sulfide) groups is 1. The van der Waals surface area contributed by atoms with Gasteiger partial charge in [-0.25, -0.2) is 4.98 Å². The van der Waals surface area contributed by atoms with Gasteiger partial charge in [-0.05, 0) is 43.3 Å². The summed E-state index contributed by atoms with van der Waals surface area (Å²) in [6.07, 6.45) is 1.74. The molecule has 160 valence electrons. The number of aryl methyl sites for hydroxylation is 1. The first-order valence-electron chi connectivity index (χ1n) is 9.88. The molecule has 3 aromatic heterocycles. The smallest absolute Gasteiger partial charge is 0.258 e. The van der Waals surface area contributed by atoms with Gasteiger partial charge in [0.1, 0.15) is 5.75 Å². The summed E-state index contributed by atoms with van der Waals surface area (Å²) < 4.78 is 8.86. The molecule has 0 aliphatic heterocycles. The number of hydrogen-bond donors (Lipinski definition) is 0. The highest BCUT2D eigenvalue weighted by atomic mass is 32.2. The van der Waals surface area contributed by atoms with Crippen molar-refractivity contribution in [3.05, 3.63) is 87.8 Å². The van der Waals surface area contributed by atoms with E-state index in [-0.39, 0.29) is 5.56 Å². The van der Waals surface area contributed by atoms with Crippen molar-refractivity contribution in [3.8, 4) is 22.8 Å². The Hall–Kier alpha value is -3.43. The molecule has 9 heteroatoms. The molecule has 2 aromatic carbocycles. The van der Waals surface area contributed by atoms with E-state index in [4.69, 9.17) is 4.74 Å². The molecular weight excluding hydrogens is 442 g/mol. The van der Waals surface area contributed by atoms with Gasteiger partial charge < -0.3 is 4.74 Å². The molecule has 32 heavy (non-hydrogen) atoms. The molecule has 5 aromatic rings. The topological polar surface area (TPSA) is 74.3 Å². The number of thiazole rings is 1. The second-order valence-electron chi connectivity index (χ2n) is 7.14. The minimum absolute atomic E-state index is 0.0780. The summed E-state index contributed by atoms with van der Waals surface area (Å²) in [4.78, 5) is 17.6. The molecule has 0 N–H and O–H groups in total. The molecule has 0 saturated heterocycles. The number of ether oxygens (including phenoxy) is 1. The third kappa shape index (κ3) is 3.92. The van der Waals surface area contributed by atoms with Crippen LogP contribution in [0.2, 0.25) is 0 Å². The summed E-state index contributed by atoms with van der Waals surface area (Å²) in [6, 6.07) is 17.6. The maximum atomic E-state index is 12.3. The summed E-state index contributed by atoms with van der Waals surface area (Å²) in [6.45, 7) is 2.06. The standard InChI is InChI=1S/C23H19N5O2S2/c1-15-3-7-18(8-4-15)28-21(16-5-9-19(30-2)10-6-16)25-26-23(28)32-14-17-13-20(29)27-11-12-31-22(27)24-17/h3-13H,14H2,1-2H3. The van der Waals surface area contributed by atoms with Crippen molar-refractivity contribution in [2.45, 2.75) is 17.8 Å². The van der Waals surface area contributed by atoms with E-state index in [2.05, 4.69) is 46.4 Å². The molecule has 0 aliphatic carbocycles. The quantitative estimate of drug-likeness (QED) is 0.344. The van der Waals surface area contributed by atoms with Crippen LogP contribution in [0.5, 0.6) is 5.75 Å². The number of nitrogens with zero attached hydrogens (tertiary/aromatic N) is 5. The fraction of sp³-hybridized carbons (Fsp3) is 0.130. The van der Waals surface area contributed by atoms with E-state index in [1.165, 1.54) is 28.7 Å². The SMILES string of the molecule is COc1ccc(-c2nnc(SCc3cc(=O)n4ccsc4n3)n2-c2ccc(C)cc2)cc1. The van der Waals surface area contributed by atoms with Crippen LogP contribution in [0.25, 0.3) is 22.0 Å². The Kier molecular flexibility index (Phi) is 5.50. The molecule has 0 unspecified atom stereocenters. The van der Waals surface area contributed by atoms with Crippen LogP contribution in [0.4, 0.5) is 0 Å². The Morgan fingerprint density at radius 3 is 2.59 bits per heavy atom. The van der Waals surface area contributed by atoms with Crippen LogP contribution >= 0.6 is 23.1 Å². The zero-order chi connectivity index (χ0) is 22.1. The van der Waals surface area contributed by atoms with Gasteiger partial charge in [-0.2, -0.15) is 0 Å². The van der Waals surface area contributed by atoms with E-state index in [1.807, 2.05) is 34.2 Å². The average molecular weight is 462 g/mol. The van der Waals surface area contributed by atoms with Crippen molar-refractivity contribution in [3.63, 3.8) is 0 Å². The number of fused-ring (bicyclic) bond motifs is 1. The molecule has 0 atom stereocenters. The van der Waals surface area contributed by atoms with Gasteiger partial charge in [0.05, 0.1) is 12.8 Å². The van der Waals surface area contributed by atoms with Crippen LogP contribution in [0.15, 0.2) is 76.1 Å². The molecule has 0 saturated carbocycles. The van der Waals surface area contributed by atoms with Gasteiger partial charge in [0.15, 0.2) is 15.9 Å². The predicted molar refractivity (Wildman–Crippen MR) is 127 cm³/mol. The summed E-state index contributed by atoms with van der Waals surface area (Å²) >= 11 is 2.94. The molecule has 5 rings (SSSR count). The number of benzene rings is 2. The van der Waals surface area contributed by atoms with Gasteiger partial charge in [0.2, 0.25) is 0 Å². The fourth-order valence-corrected chi connectivity index (χ4v) is 4.90. The van der Waals surface area contributed by atoms with E-state index in [0.29, 0.717) is 16.4 Å². The lowest BCUT2D eigenvalue weighted by molar-refractivity contribution is 0.415.